The number of rotatable bonds is 3. The van der Waals surface area contributed by atoms with Gasteiger partial charge in [0.1, 0.15) is 5.82 Å². The van der Waals surface area contributed by atoms with Crippen molar-refractivity contribution < 1.29 is 13.9 Å². The second-order valence-electron chi connectivity index (χ2n) is 6.55. The Bertz CT molecular complexity index is 524. The largest absolute Gasteiger partial charge is 0.377 e. The number of amides is 1. The maximum Gasteiger partial charge on any atom is 0.236 e. The molecule has 1 atom stereocenters. The van der Waals surface area contributed by atoms with Gasteiger partial charge in [-0.3, -0.25) is 4.79 Å². The minimum atomic E-state index is -0.204. The molecule has 2 N–H and O–H groups in total. The molecular formula is C17H23FN2O2. The topological polar surface area (TPSA) is 55.6 Å². The first-order valence-electron chi connectivity index (χ1n) is 7.94. The van der Waals surface area contributed by atoms with Crippen LogP contribution in [0, 0.1) is 11.2 Å². The van der Waals surface area contributed by atoms with E-state index in [0.717, 1.165) is 50.9 Å². The summed E-state index contributed by atoms with van der Waals surface area (Å²) in [7, 11) is 0. The van der Waals surface area contributed by atoms with Gasteiger partial charge in [0.25, 0.3) is 0 Å². The summed E-state index contributed by atoms with van der Waals surface area (Å²) in [6.45, 7) is 2.42. The van der Waals surface area contributed by atoms with Crippen LogP contribution < -0.4 is 5.73 Å². The lowest BCUT2D eigenvalue weighted by Gasteiger charge is -2.38. The van der Waals surface area contributed by atoms with Gasteiger partial charge in [-0.15, -0.1) is 0 Å². The van der Waals surface area contributed by atoms with Crippen molar-refractivity contribution in [3.8, 4) is 0 Å². The lowest BCUT2D eigenvalue weighted by molar-refractivity contribution is -0.132. The molecule has 1 spiro atoms. The van der Waals surface area contributed by atoms with Crippen LogP contribution >= 0.6 is 0 Å². The second kappa shape index (κ2) is 6.34. The van der Waals surface area contributed by atoms with Crippen LogP contribution in [0.1, 0.15) is 24.8 Å². The Morgan fingerprint density at radius 2 is 2.00 bits per heavy atom. The van der Waals surface area contributed by atoms with Gasteiger partial charge in [0, 0.05) is 13.1 Å². The zero-order chi connectivity index (χ0) is 15.6. The summed E-state index contributed by atoms with van der Waals surface area (Å²) < 4.78 is 18.9. The second-order valence-corrected chi connectivity index (χ2v) is 6.55. The lowest BCUT2D eigenvalue weighted by Crippen LogP contribution is -2.45. The molecule has 0 aliphatic carbocycles. The average molecular weight is 306 g/mol. The molecule has 22 heavy (non-hydrogen) atoms. The highest BCUT2D eigenvalue weighted by Gasteiger charge is 2.42. The highest BCUT2D eigenvalue weighted by atomic mass is 19.1. The summed E-state index contributed by atoms with van der Waals surface area (Å²) in [5, 5.41) is 0. The number of piperidine rings is 1. The van der Waals surface area contributed by atoms with Crippen molar-refractivity contribution >= 4 is 5.91 Å². The van der Waals surface area contributed by atoms with Crippen molar-refractivity contribution in [3.63, 3.8) is 0 Å². The molecule has 4 nitrogen and oxygen atoms in total. The van der Waals surface area contributed by atoms with E-state index < -0.39 is 0 Å². The van der Waals surface area contributed by atoms with Gasteiger partial charge in [-0.25, -0.2) is 4.39 Å². The Labute approximate surface area is 130 Å². The van der Waals surface area contributed by atoms with Gasteiger partial charge in [0.05, 0.1) is 19.3 Å². The van der Waals surface area contributed by atoms with Crippen LogP contribution in [0.4, 0.5) is 4.39 Å². The fourth-order valence-electron chi connectivity index (χ4n) is 3.62. The van der Waals surface area contributed by atoms with Crippen molar-refractivity contribution in [2.45, 2.75) is 31.8 Å². The van der Waals surface area contributed by atoms with Crippen LogP contribution in [0.3, 0.4) is 0 Å². The number of nitrogens with two attached hydrogens (primary N) is 1. The molecule has 2 aliphatic heterocycles. The van der Waals surface area contributed by atoms with E-state index in [1.165, 1.54) is 12.1 Å². The Balaban J connectivity index is 1.54. The Hall–Kier alpha value is -1.46. The molecule has 2 aliphatic rings. The molecule has 0 radical (unpaired) electrons. The van der Waals surface area contributed by atoms with Crippen LogP contribution in [-0.2, 0) is 16.0 Å². The van der Waals surface area contributed by atoms with E-state index >= 15 is 0 Å². The van der Waals surface area contributed by atoms with E-state index in [1.54, 1.807) is 0 Å². The number of likely N-dealkylation sites (tertiary alicyclic amines) is 1. The van der Waals surface area contributed by atoms with Crippen molar-refractivity contribution in [2.24, 2.45) is 11.1 Å². The molecule has 1 aromatic carbocycles. The van der Waals surface area contributed by atoms with Gasteiger partial charge < -0.3 is 15.4 Å². The predicted molar refractivity (Wildman–Crippen MR) is 81.8 cm³/mol. The van der Waals surface area contributed by atoms with Gasteiger partial charge in [0.15, 0.2) is 0 Å². The summed E-state index contributed by atoms with van der Waals surface area (Å²) >= 11 is 0. The molecule has 3 rings (SSSR count). The van der Waals surface area contributed by atoms with Crippen LogP contribution in [0.25, 0.3) is 0 Å². The number of ether oxygens (including phenoxy) is 1. The van der Waals surface area contributed by atoms with Crippen LogP contribution in [0.15, 0.2) is 24.3 Å². The van der Waals surface area contributed by atoms with Crippen LogP contribution in [-0.4, -0.2) is 43.2 Å². The molecule has 5 heteroatoms. The molecule has 1 amide bonds. The summed E-state index contributed by atoms with van der Waals surface area (Å²) in [6.07, 6.45) is 4.02. The Morgan fingerprint density at radius 1 is 1.32 bits per heavy atom. The molecule has 120 valence electrons. The fourth-order valence-corrected chi connectivity index (χ4v) is 3.62. The normalized spacial score (nSPS) is 23.9. The number of hydrogen-bond donors (Lipinski definition) is 1. The minimum Gasteiger partial charge on any atom is -0.377 e. The van der Waals surface area contributed by atoms with Gasteiger partial charge in [-0.2, -0.15) is 0 Å². The molecule has 0 unspecified atom stereocenters. The first kappa shape index (κ1) is 15.4. The summed E-state index contributed by atoms with van der Waals surface area (Å²) in [5.74, 6) is -0.166. The fraction of sp³-hybridized carbons (Fsp3) is 0.588. The first-order valence-corrected chi connectivity index (χ1v) is 7.94. The third-order valence-corrected chi connectivity index (χ3v) is 5.01. The molecule has 0 aromatic heterocycles. The van der Waals surface area contributed by atoms with Crippen LogP contribution in [0.5, 0.6) is 0 Å². The molecule has 1 aromatic rings. The molecule has 2 heterocycles. The van der Waals surface area contributed by atoms with Gasteiger partial charge in [-0.05, 0) is 48.8 Å². The SMILES string of the molecule is NCC(=O)N1CCC2(CC1)CO[C@@H](Cc1ccc(F)cc1)C2. The van der Waals surface area contributed by atoms with Gasteiger partial charge in [-0.1, -0.05) is 12.1 Å². The van der Waals surface area contributed by atoms with Crippen molar-refractivity contribution in [2.75, 3.05) is 26.2 Å². The van der Waals surface area contributed by atoms with Crippen molar-refractivity contribution in [1.29, 1.82) is 0 Å². The van der Waals surface area contributed by atoms with E-state index in [0.29, 0.717) is 0 Å². The van der Waals surface area contributed by atoms with E-state index in [1.807, 2.05) is 17.0 Å². The third-order valence-electron chi connectivity index (χ3n) is 5.01. The predicted octanol–water partition coefficient (Wildman–Crippen LogP) is 1.72. The zero-order valence-corrected chi connectivity index (χ0v) is 12.8. The molecule has 2 fully saturated rings. The Morgan fingerprint density at radius 3 is 2.64 bits per heavy atom. The number of carbonyl (C=O) groups is 1. The lowest BCUT2D eigenvalue weighted by atomic mass is 9.76. The number of hydrogen-bond acceptors (Lipinski definition) is 3. The minimum absolute atomic E-state index is 0.0385. The quantitative estimate of drug-likeness (QED) is 0.925. The molecular weight excluding hydrogens is 283 g/mol. The first-order chi connectivity index (χ1) is 10.6. The number of benzene rings is 1. The molecule has 0 bridgehead atoms. The van der Waals surface area contributed by atoms with Gasteiger partial charge >= 0.3 is 0 Å². The summed E-state index contributed by atoms with van der Waals surface area (Å²) in [4.78, 5) is 13.5. The highest BCUT2D eigenvalue weighted by molar-refractivity contribution is 5.78. The Kier molecular flexibility index (Phi) is 4.45. The maximum atomic E-state index is 12.9. The highest BCUT2D eigenvalue weighted by Crippen LogP contribution is 2.42. The number of nitrogens with zero attached hydrogens (tertiary/aromatic N) is 1. The van der Waals surface area contributed by atoms with E-state index in [9.17, 15) is 9.18 Å². The molecule has 2 saturated heterocycles. The summed E-state index contributed by atoms with van der Waals surface area (Å²) in [6, 6.07) is 6.65. The smallest absolute Gasteiger partial charge is 0.236 e. The zero-order valence-electron chi connectivity index (χ0n) is 12.8. The number of carbonyl (C=O) groups excluding carboxylic acids is 1. The number of halogens is 1. The average Bonchev–Trinajstić information content (AvgIpc) is 2.92. The monoisotopic (exact) mass is 306 g/mol. The third kappa shape index (κ3) is 3.31. The van der Waals surface area contributed by atoms with Gasteiger partial charge in [0.2, 0.25) is 5.91 Å². The summed E-state index contributed by atoms with van der Waals surface area (Å²) in [5.41, 5.74) is 6.74. The van der Waals surface area contributed by atoms with Crippen molar-refractivity contribution in [1.82, 2.24) is 4.90 Å². The maximum absolute atomic E-state index is 12.9. The van der Waals surface area contributed by atoms with Crippen molar-refractivity contribution in [3.05, 3.63) is 35.6 Å². The van der Waals surface area contributed by atoms with Crippen LogP contribution in [0.2, 0.25) is 0 Å². The van der Waals surface area contributed by atoms with E-state index in [4.69, 9.17) is 10.5 Å². The standard InChI is InChI=1S/C17H23FN2O2/c18-14-3-1-13(2-4-14)9-15-10-17(12-22-15)5-7-20(8-6-17)16(21)11-19/h1-4,15H,5-12,19H2/t15-/m0/s1. The van der Waals surface area contributed by atoms with E-state index in [2.05, 4.69) is 0 Å². The molecule has 0 saturated carbocycles. The van der Waals surface area contributed by atoms with E-state index in [-0.39, 0.29) is 29.8 Å².